The van der Waals surface area contributed by atoms with E-state index >= 15 is 0 Å². The first-order chi connectivity index (χ1) is 10.3. The van der Waals surface area contributed by atoms with E-state index < -0.39 is 0 Å². The molecule has 126 valence electrons. The van der Waals surface area contributed by atoms with Gasteiger partial charge in [0.15, 0.2) is 4.34 Å². The van der Waals surface area contributed by atoms with Crippen molar-refractivity contribution in [2.45, 2.75) is 57.0 Å². The Kier molecular flexibility index (Phi) is 8.13. The van der Waals surface area contributed by atoms with Gasteiger partial charge in [-0.1, -0.05) is 23.1 Å². The molecule has 0 spiro atoms. The predicted octanol–water partition coefficient (Wildman–Crippen LogP) is 2.77. The number of aromatic nitrogens is 2. The Morgan fingerprint density at radius 2 is 2.09 bits per heavy atom. The zero-order valence-electron chi connectivity index (χ0n) is 13.9. The van der Waals surface area contributed by atoms with Crippen LogP contribution in [0.3, 0.4) is 0 Å². The van der Waals surface area contributed by atoms with E-state index in [1.54, 1.807) is 0 Å². The van der Waals surface area contributed by atoms with Crippen molar-refractivity contribution in [3.8, 4) is 0 Å². The molecule has 0 aromatic carbocycles. The van der Waals surface area contributed by atoms with E-state index in [0.29, 0.717) is 18.9 Å². The number of anilines is 1. The summed E-state index contributed by atoms with van der Waals surface area (Å²) in [4.78, 5) is 11.7. The van der Waals surface area contributed by atoms with Gasteiger partial charge in [0.2, 0.25) is 11.0 Å². The van der Waals surface area contributed by atoms with Crippen LogP contribution >= 0.6 is 23.1 Å². The van der Waals surface area contributed by atoms with Crippen LogP contribution in [0.1, 0.15) is 41.0 Å². The van der Waals surface area contributed by atoms with Crippen LogP contribution in [0.5, 0.6) is 0 Å². The molecule has 0 saturated heterocycles. The van der Waals surface area contributed by atoms with Crippen LogP contribution in [0, 0.1) is 0 Å². The van der Waals surface area contributed by atoms with Crippen molar-refractivity contribution in [2.24, 2.45) is 0 Å². The van der Waals surface area contributed by atoms with Crippen molar-refractivity contribution < 1.29 is 9.53 Å². The van der Waals surface area contributed by atoms with Crippen molar-refractivity contribution in [2.75, 3.05) is 24.2 Å². The number of hydrogen-bond acceptors (Lipinski definition) is 7. The van der Waals surface area contributed by atoms with Gasteiger partial charge in [0.25, 0.3) is 0 Å². The SMILES string of the molecule is CC(C)OCCCNC(=O)CSc1nnc(NC(C)(C)C)s1. The van der Waals surface area contributed by atoms with E-state index in [0.717, 1.165) is 15.9 Å². The van der Waals surface area contributed by atoms with E-state index in [2.05, 4.69) is 41.6 Å². The lowest BCUT2D eigenvalue weighted by Crippen LogP contribution is -2.27. The molecule has 22 heavy (non-hydrogen) atoms. The van der Waals surface area contributed by atoms with Crippen LogP contribution in [0.2, 0.25) is 0 Å². The van der Waals surface area contributed by atoms with Gasteiger partial charge >= 0.3 is 0 Å². The van der Waals surface area contributed by atoms with E-state index in [1.165, 1.54) is 23.1 Å². The summed E-state index contributed by atoms with van der Waals surface area (Å²) >= 11 is 2.87. The summed E-state index contributed by atoms with van der Waals surface area (Å²) in [6.45, 7) is 11.5. The Morgan fingerprint density at radius 3 is 2.73 bits per heavy atom. The molecule has 2 N–H and O–H groups in total. The van der Waals surface area contributed by atoms with Crippen LogP contribution in [0.4, 0.5) is 5.13 Å². The molecule has 1 aromatic rings. The molecule has 0 aliphatic carbocycles. The minimum Gasteiger partial charge on any atom is -0.379 e. The number of amides is 1. The van der Waals surface area contributed by atoms with Crippen LogP contribution in [-0.4, -0.2) is 46.7 Å². The highest BCUT2D eigenvalue weighted by atomic mass is 32.2. The van der Waals surface area contributed by atoms with Gasteiger partial charge in [-0.2, -0.15) is 0 Å². The monoisotopic (exact) mass is 346 g/mol. The van der Waals surface area contributed by atoms with Crippen LogP contribution in [0.15, 0.2) is 4.34 Å². The van der Waals surface area contributed by atoms with Crippen LogP contribution in [-0.2, 0) is 9.53 Å². The second-order valence-electron chi connectivity index (χ2n) is 6.16. The Bertz CT molecular complexity index is 458. The Hall–Kier alpha value is -0.860. The summed E-state index contributed by atoms with van der Waals surface area (Å²) in [7, 11) is 0. The Labute approximate surface area is 140 Å². The molecule has 0 fully saturated rings. The first-order valence-corrected chi connectivity index (χ1v) is 9.19. The minimum absolute atomic E-state index is 0.00933. The largest absolute Gasteiger partial charge is 0.379 e. The van der Waals surface area contributed by atoms with Crippen molar-refractivity contribution in [1.29, 1.82) is 0 Å². The maximum atomic E-state index is 11.7. The summed E-state index contributed by atoms with van der Waals surface area (Å²) in [6.07, 6.45) is 1.06. The third-order valence-electron chi connectivity index (χ3n) is 2.31. The van der Waals surface area contributed by atoms with Crippen molar-refractivity contribution in [3.63, 3.8) is 0 Å². The number of nitrogens with one attached hydrogen (secondary N) is 2. The number of rotatable bonds is 9. The first-order valence-electron chi connectivity index (χ1n) is 7.39. The molecule has 1 heterocycles. The van der Waals surface area contributed by atoms with Crippen molar-refractivity contribution in [1.82, 2.24) is 15.5 Å². The molecule has 0 atom stereocenters. The molecule has 0 saturated carbocycles. The average Bonchev–Trinajstić information content (AvgIpc) is 2.81. The fourth-order valence-electron chi connectivity index (χ4n) is 1.44. The molecule has 0 unspecified atom stereocenters. The van der Waals surface area contributed by atoms with Gasteiger partial charge in [0.05, 0.1) is 11.9 Å². The maximum Gasteiger partial charge on any atom is 0.230 e. The van der Waals surface area contributed by atoms with Crippen LogP contribution in [0.25, 0.3) is 0 Å². The average molecular weight is 347 g/mol. The lowest BCUT2D eigenvalue weighted by atomic mass is 10.1. The molecule has 1 amide bonds. The highest BCUT2D eigenvalue weighted by Gasteiger charge is 2.13. The number of thioether (sulfide) groups is 1. The van der Waals surface area contributed by atoms with E-state index in [-0.39, 0.29) is 17.6 Å². The molecule has 0 bridgehead atoms. The highest BCUT2D eigenvalue weighted by molar-refractivity contribution is 8.01. The number of ether oxygens (including phenoxy) is 1. The van der Waals surface area contributed by atoms with E-state index in [9.17, 15) is 4.79 Å². The molecule has 0 radical (unpaired) electrons. The topological polar surface area (TPSA) is 76.1 Å². The third kappa shape index (κ3) is 9.22. The Morgan fingerprint density at radius 1 is 1.36 bits per heavy atom. The molecule has 1 aromatic heterocycles. The molecule has 6 nitrogen and oxygen atoms in total. The second kappa shape index (κ2) is 9.32. The smallest absolute Gasteiger partial charge is 0.230 e. The number of nitrogens with zero attached hydrogens (tertiary/aromatic N) is 2. The number of carbonyl (C=O) groups excluding carboxylic acids is 1. The predicted molar refractivity (Wildman–Crippen MR) is 92.7 cm³/mol. The van der Waals surface area contributed by atoms with E-state index in [1.807, 2.05) is 13.8 Å². The molecular weight excluding hydrogens is 320 g/mol. The van der Waals surface area contributed by atoms with Gasteiger partial charge < -0.3 is 15.4 Å². The zero-order chi connectivity index (χ0) is 16.6. The van der Waals surface area contributed by atoms with Crippen LogP contribution < -0.4 is 10.6 Å². The van der Waals surface area contributed by atoms with Gasteiger partial charge in [-0.05, 0) is 41.0 Å². The van der Waals surface area contributed by atoms with Gasteiger partial charge in [-0.25, -0.2) is 0 Å². The van der Waals surface area contributed by atoms with Crippen molar-refractivity contribution in [3.05, 3.63) is 0 Å². The zero-order valence-corrected chi connectivity index (χ0v) is 15.6. The number of carbonyl (C=O) groups is 1. The summed E-state index contributed by atoms with van der Waals surface area (Å²) < 4.78 is 6.21. The number of hydrogen-bond donors (Lipinski definition) is 2. The molecule has 0 aliphatic heterocycles. The molecular formula is C14H26N4O2S2. The van der Waals surface area contributed by atoms with Gasteiger partial charge in [0.1, 0.15) is 0 Å². The minimum atomic E-state index is -0.0447. The molecule has 0 aliphatic rings. The maximum absolute atomic E-state index is 11.7. The highest BCUT2D eigenvalue weighted by Crippen LogP contribution is 2.26. The summed E-state index contributed by atoms with van der Waals surface area (Å²) in [6, 6.07) is 0. The van der Waals surface area contributed by atoms with Gasteiger partial charge in [-0.15, -0.1) is 10.2 Å². The molecule has 8 heteroatoms. The van der Waals surface area contributed by atoms with E-state index in [4.69, 9.17) is 4.74 Å². The standard InChI is InChI=1S/C14H26N4O2S2/c1-10(2)20-8-6-7-15-11(19)9-21-13-18-17-12(22-13)16-14(3,4)5/h10H,6-9H2,1-5H3,(H,15,19)(H,16,17). The van der Waals surface area contributed by atoms with Gasteiger partial charge in [-0.3, -0.25) is 4.79 Å². The molecule has 1 rings (SSSR count). The second-order valence-corrected chi connectivity index (χ2v) is 8.36. The Balaban J connectivity index is 2.19. The van der Waals surface area contributed by atoms with Gasteiger partial charge in [0, 0.05) is 18.7 Å². The summed E-state index contributed by atoms with van der Waals surface area (Å²) in [5, 5.41) is 15.1. The van der Waals surface area contributed by atoms with Crippen molar-refractivity contribution >= 4 is 34.1 Å². The fourth-order valence-corrected chi connectivity index (χ4v) is 3.23. The third-order valence-corrected chi connectivity index (χ3v) is 4.28. The quantitative estimate of drug-likeness (QED) is 0.529. The first kappa shape index (κ1) is 19.2. The lowest BCUT2D eigenvalue weighted by Gasteiger charge is -2.18. The summed E-state index contributed by atoms with van der Waals surface area (Å²) in [5.74, 6) is 0.366. The summed E-state index contributed by atoms with van der Waals surface area (Å²) in [5.41, 5.74) is -0.0447. The fraction of sp³-hybridized carbons (Fsp3) is 0.786. The normalized spacial score (nSPS) is 11.7. The lowest BCUT2D eigenvalue weighted by molar-refractivity contribution is -0.118.